The van der Waals surface area contributed by atoms with E-state index in [0.29, 0.717) is 5.41 Å². The summed E-state index contributed by atoms with van der Waals surface area (Å²) >= 11 is 0. The Morgan fingerprint density at radius 2 is 1.38 bits per heavy atom. The highest BCUT2D eigenvalue weighted by Crippen LogP contribution is 2.43. The fourth-order valence-electron chi connectivity index (χ4n) is 5.76. The van der Waals surface area contributed by atoms with E-state index in [1.165, 1.54) is 49.4 Å². The number of benzene rings is 3. The molecule has 2 unspecified atom stereocenters. The Balaban J connectivity index is 1.29. The predicted molar refractivity (Wildman–Crippen MR) is 134 cm³/mol. The van der Waals surface area contributed by atoms with E-state index >= 15 is 0 Å². The lowest BCUT2D eigenvalue weighted by molar-refractivity contribution is 0.0713. The first kappa shape index (κ1) is 21.2. The summed E-state index contributed by atoms with van der Waals surface area (Å²) in [6, 6.07) is 32.7. The lowest BCUT2D eigenvalue weighted by Crippen LogP contribution is -2.52. The molecule has 3 aromatic carbocycles. The Kier molecular flexibility index (Phi) is 6.56. The number of nitrogens with zero attached hydrogens (tertiary/aromatic N) is 2. The highest BCUT2D eigenvalue weighted by Gasteiger charge is 2.49. The number of likely N-dealkylation sites (tertiary alicyclic amines) is 2. The molecule has 0 aromatic heterocycles. The zero-order chi connectivity index (χ0) is 21.6. The summed E-state index contributed by atoms with van der Waals surface area (Å²) in [7, 11) is 0. The van der Waals surface area contributed by atoms with Crippen LogP contribution in [0.25, 0.3) is 0 Å². The van der Waals surface area contributed by atoms with Crippen molar-refractivity contribution in [2.75, 3.05) is 44.6 Å². The van der Waals surface area contributed by atoms with Crippen molar-refractivity contribution in [2.45, 2.75) is 19.4 Å². The van der Waals surface area contributed by atoms with Crippen LogP contribution in [0.1, 0.15) is 17.5 Å². The van der Waals surface area contributed by atoms with Crippen molar-refractivity contribution < 1.29 is 0 Å². The molecule has 0 amide bonds. The van der Waals surface area contributed by atoms with Crippen LogP contribution in [0, 0.1) is 11.3 Å². The van der Waals surface area contributed by atoms with Gasteiger partial charge in [0.15, 0.2) is 0 Å². The molecule has 0 spiro atoms. The zero-order valence-electron chi connectivity index (χ0n) is 19.0. The zero-order valence-corrected chi connectivity index (χ0v) is 19.0. The number of piperidine rings is 1. The molecule has 2 fully saturated rings. The highest BCUT2D eigenvalue weighted by molar-refractivity contribution is 5.43. The summed E-state index contributed by atoms with van der Waals surface area (Å²) in [6.45, 7) is 8.08. The van der Waals surface area contributed by atoms with Crippen molar-refractivity contribution in [1.82, 2.24) is 9.80 Å². The van der Waals surface area contributed by atoms with Gasteiger partial charge in [-0.1, -0.05) is 78.9 Å². The van der Waals surface area contributed by atoms with Crippen LogP contribution in [0.2, 0.25) is 0 Å². The number of rotatable bonds is 8. The van der Waals surface area contributed by atoms with Crippen LogP contribution < -0.4 is 5.32 Å². The summed E-state index contributed by atoms with van der Waals surface area (Å²) in [5.41, 5.74) is 4.42. The lowest BCUT2D eigenvalue weighted by Gasteiger charge is -2.44. The fourth-order valence-corrected chi connectivity index (χ4v) is 5.76. The Bertz CT molecular complexity index is 959. The van der Waals surface area contributed by atoms with Crippen LogP contribution in [0.4, 0.5) is 5.69 Å². The lowest BCUT2D eigenvalue weighted by atomic mass is 9.73. The van der Waals surface area contributed by atoms with Gasteiger partial charge in [-0.15, -0.1) is 0 Å². The van der Waals surface area contributed by atoms with Crippen LogP contribution >= 0.6 is 0 Å². The van der Waals surface area contributed by atoms with Crippen LogP contribution in [0.15, 0.2) is 91.0 Å². The third kappa shape index (κ3) is 5.06. The maximum Gasteiger partial charge on any atom is 0.0340 e. The molecular formula is C29H35N3. The SMILES string of the molecule is c1ccc(CCN2CCC3CN(Cc4ccccc4)CC3(CNc3ccccc3)C2)cc1. The smallest absolute Gasteiger partial charge is 0.0340 e. The summed E-state index contributed by atoms with van der Waals surface area (Å²) < 4.78 is 0. The standard InChI is InChI=1S/C29H35N3/c1-4-10-25(11-5-1)16-18-31-19-17-27-21-32(20-26-12-6-2-7-13-26)24-29(27,23-31)22-30-28-14-8-3-9-15-28/h1-15,27,30H,16-24H2. The Morgan fingerprint density at radius 1 is 0.750 bits per heavy atom. The largest absolute Gasteiger partial charge is 0.384 e. The number of para-hydroxylation sites is 1. The van der Waals surface area contributed by atoms with E-state index in [1.807, 2.05) is 0 Å². The number of anilines is 1. The van der Waals surface area contributed by atoms with E-state index < -0.39 is 0 Å². The highest BCUT2D eigenvalue weighted by atomic mass is 15.2. The monoisotopic (exact) mass is 425 g/mol. The summed E-state index contributed by atoms with van der Waals surface area (Å²) in [6.07, 6.45) is 2.44. The molecule has 3 nitrogen and oxygen atoms in total. The number of nitrogens with one attached hydrogen (secondary N) is 1. The van der Waals surface area contributed by atoms with Gasteiger partial charge < -0.3 is 10.2 Å². The first-order valence-electron chi connectivity index (χ1n) is 12.1. The molecular weight excluding hydrogens is 390 g/mol. The van der Waals surface area contributed by atoms with E-state index in [9.17, 15) is 0 Å². The summed E-state index contributed by atoms with van der Waals surface area (Å²) in [5.74, 6) is 0.760. The minimum Gasteiger partial charge on any atom is -0.384 e. The van der Waals surface area contributed by atoms with Gasteiger partial charge in [0.25, 0.3) is 0 Å². The average molecular weight is 426 g/mol. The van der Waals surface area contributed by atoms with Crippen molar-refractivity contribution in [1.29, 1.82) is 0 Å². The molecule has 0 radical (unpaired) electrons. The van der Waals surface area contributed by atoms with Gasteiger partial charge in [-0.25, -0.2) is 0 Å². The molecule has 0 saturated carbocycles. The van der Waals surface area contributed by atoms with Gasteiger partial charge in [0, 0.05) is 50.4 Å². The van der Waals surface area contributed by atoms with Gasteiger partial charge in [0.05, 0.1) is 0 Å². The van der Waals surface area contributed by atoms with E-state index in [-0.39, 0.29) is 0 Å². The van der Waals surface area contributed by atoms with E-state index in [0.717, 1.165) is 32.0 Å². The maximum absolute atomic E-state index is 3.80. The van der Waals surface area contributed by atoms with E-state index in [4.69, 9.17) is 0 Å². The Labute approximate surface area is 193 Å². The second-order valence-corrected chi connectivity index (χ2v) is 9.73. The van der Waals surface area contributed by atoms with Crippen molar-refractivity contribution >= 4 is 5.69 Å². The van der Waals surface area contributed by atoms with Crippen molar-refractivity contribution in [2.24, 2.45) is 11.3 Å². The molecule has 0 aliphatic carbocycles. The third-order valence-corrected chi connectivity index (χ3v) is 7.44. The normalized spacial score (nSPS) is 23.7. The molecule has 2 atom stereocenters. The molecule has 2 heterocycles. The first-order chi connectivity index (χ1) is 15.8. The van der Waals surface area contributed by atoms with Crippen LogP contribution in [-0.4, -0.2) is 49.1 Å². The van der Waals surface area contributed by atoms with Crippen molar-refractivity contribution in [3.63, 3.8) is 0 Å². The molecule has 2 aliphatic heterocycles. The maximum atomic E-state index is 3.80. The quantitative estimate of drug-likeness (QED) is 0.537. The van der Waals surface area contributed by atoms with Crippen LogP contribution in [0.3, 0.4) is 0 Å². The first-order valence-corrected chi connectivity index (χ1v) is 12.1. The van der Waals surface area contributed by atoms with E-state index in [1.54, 1.807) is 0 Å². The topological polar surface area (TPSA) is 18.5 Å². The Morgan fingerprint density at radius 3 is 2.09 bits per heavy atom. The number of hydrogen-bond donors (Lipinski definition) is 1. The predicted octanol–water partition coefficient (Wildman–Crippen LogP) is 5.17. The third-order valence-electron chi connectivity index (χ3n) is 7.44. The van der Waals surface area contributed by atoms with Gasteiger partial charge in [0.1, 0.15) is 0 Å². The molecule has 2 saturated heterocycles. The van der Waals surface area contributed by atoms with Gasteiger partial charge in [-0.2, -0.15) is 0 Å². The van der Waals surface area contributed by atoms with Gasteiger partial charge >= 0.3 is 0 Å². The summed E-state index contributed by atoms with van der Waals surface area (Å²) in [5, 5.41) is 3.80. The van der Waals surface area contributed by atoms with Gasteiger partial charge in [0.2, 0.25) is 0 Å². The number of hydrogen-bond acceptors (Lipinski definition) is 3. The average Bonchev–Trinajstić information content (AvgIpc) is 3.21. The Hall–Kier alpha value is -2.62. The van der Waals surface area contributed by atoms with Crippen molar-refractivity contribution in [3.05, 3.63) is 102 Å². The van der Waals surface area contributed by atoms with Gasteiger partial charge in [-0.3, -0.25) is 4.90 Å². The molecule has 3 heteroatoms. The van der Waals surface area contributed by atoms with E-state index in [2.05, 4.69) is 106 Å². The second-order valence-electron chi connectivity index (χ2n) is 9.73. The fraction of sp³-hybridized carbons (Fsp3) is 0.379. The number of fused-ring (bicyclic) bond motifs is 1. The molecule has 5 rings (SSSR count). The molecule has 3 aromatic rings. The van der Waals surface area contributed by atoms with Crippen LogP contribution in [-0.2, 0) is 13.0 Å². The summed E-state index contributed by atoms with van der Waals surface area (Å²) in [4.78, 5) is 5.43. The minimum atomic E-state index is 0.305. The second kappa shape index (κ2) is 9.89. The molecule has 32 heavy (non-hydrogen) atoms. The molecule has 1 N–H and O–H groups in total. The van der Waals surface area contributed by atoms with Crippen molar-refractivity contribution in [3.8, 4) is 0 Å². The van der Waals surface area contributed by atoms with Gasteiger partial charge in [-0.05, 0) is 48.6 Å². The molecule has 0 bridgehead atoms. The molecule has 2 aliphatic rings. The minimum absolute atomic E-state index is 0.305. The molecule has 166 valence electrons. The van der Waals surface area contributed by atoms with Crippen LogP contribution in [0.5, 0.6) is 0 Å².